The molecule has 0 radical (unpaired) electrons. The number of aliphatic hydroxyl groups is 1. The first-order valence-electron chi connectivity index (χ1n) is 10.5. The van der Waals surface area contributed by atoms with Crippen LogP contribution in [0.2, 0.25) is 0 Å². The van der Waals surface area contributed by atoms with Crippen molar-refractivity contribution in [1.82, 2.24) is 5.32 Å². The Morgan fingerprint density at radius 1 is 1.06 bits per heavy atom. The Labute approximate surface area is 189 Å². The highest BCUT2D eigenvalue weighted by molar-refractivity contribution is 7.92. The number of hydrogen-bond donors (Lipinski definition) is 2. The van der Waals surface area contributed by atoms with Gasteiger partial charge in [0.25, 0.3) is 10.0 Å². The summed E-state index contributed by atoms with van der Waals surface area (Å²) < 4.78 is 38.7. The maximum Gasteiger partial charge on any atom is 0.264 e. The van der Waals surface area contributed by atoms with E-state index in [1.807, 2.05) is 6.92 Å². The SMILES string of the molecule is COc1ccc(S(=O)(=O)N(CC(=O)N[C@@H]2CCCC[C@@H]2O)c2ccc(C)cc2)cc1OC. The molecule has 3 rings (SSSR count). The number of ether oxygens (including phenoxy) is 2. The van der Waals surface area contributed by atoms with Crippen molar-refractivity contribution in [3.63, 3.8) is 0 Å². The van der Waals surface area contributed by atoms with E-state index in [9.17, 15) is 18.3 Å². The van der Waals surface area contributed by atoms with E-state index in [4.69, 9.17) is 9.47 Å². The van der Waals surface area contributed by atoms with Gasteiger partial charge in [-0.1, -0.05) is 30.5 Å². The lowest BCUT2D eigenvalue weighted by molar-refractivity contribution is -0.121. The smallest absolute Gasteiger partial charge is 0.264 e. The van der Waals surface area contributed by atoms with E-state index in [0.29, 0.717) is 24.3 Å². The summed E-state index contributed by atoms with van der Waals surface area (Å²) in [7, 11) is -1.21. The third-order valence-electron chi connectivity index (χ3n) is 5.63. The van der Waals surface area contributed by atoms with Gasteiger partial charge < -0.3 is 19.9 Å². The molecule has 0 spiro atoms. The Balaban J connectivity index is 1.93. The van der Waals surface area contributed by atoms with Crippen molar-refractivity contribution in [3.05, 3.63) is 48.0 Å². The van der Waals surface area contributed by atoms with Gasteiger partial charge in [-0.3, -0.25) is 9.10 Å². The first-order chi connectivity index (χ1) is 15.3. The van der Waals surface area contributed by atoms with Crippen LogP contribution in [0.25, 0.3) is 0 Å². The summed E-state index contributed by atoms with van der Waals surface area (Å²) in [5, 5.41) is 13.0. The summed E-state index contributed by atoms with van der Waals surface area (Å²) >= 11 is 0. The predicted molar refractivity (Wildman–Crippen MR) is 122 cm³/mol. The molecule has 8 nitrogen and oxygen atoms in total. The molecule has 1 aliphatic carbocycles. The van der Waals surface area contributed by atoms with Gasteiger partial charge in [-0.05, 0) is 44.0 Å². The minimum atomic E-state index is -4.10. The molecule has 0 unspecified atom stereocenters. The number of nitrogens with zero attached hydrogens (tertiary/aromatic N) is 1. The van der Waals surface area contributed by atoms with Gasteiger partial charge in [0.2, 0.25) is 5.91 Å². The van der Waals surface area contributed by atoms with E-state index in [1.54, 1.807) is 24.3 Å². The van der Waals surface area contributed by atoms with Gasteiger partial charge in [0.1, 0.15) is 6.54 Å². The van der Waals surface area contributed by atoms with E-state index < -0.39 is 28.6 Å². The first-order valence-corrected chi connectivity index (χ1v) is 12.0. The van der Waals surface area contributed by atoms with Crippen LogP contribution in [0.1, 0.15) is 31.2 Å². The zero-order chi connectivity index (χ0) is 23.3. The summed E-state index contributed by atoms with van der Waals surface area (Å²) in [5.41, 5.74) is 1.33. The molecule has 0 aromatic heterocycles. The number of nitrogens with one attached hydrogen (secondary N) is 1. The van der Waals surface area contributed by atoms with Crippen LogP contribution in [-0.4, -0.2) is 52.3 Å². The molecular formula is C23H30N2O6S. The van der Waals surface area contributed by atoms with E-state index in [2.05, 4.69) is 5.32 Å². The number of rotatable bonds is 8. The fourth-order valence-corrected chi connectivity index (χ4v) is 5.23. The number of anilines is 1. The van der Waals surface area contributed by atoms with Crippen LogP contribution in [0.4, 0.5) is 5.69 Å². The molecular weight excluding hydrogens is 432 g/mol. The number of carbonyl (C=O) groups is 1. The summed E-state index contributed by atoms with van der Waals surface area (Å²) in [5.74, 6) is 0.199. The van der Waals surface area contributed by atoms with Crippen molar-refractivity contribution in [2.45, 2.75) is 49.6 Å². The third-order valence-corrected chi connectivity index (χ3v) is 7.40. The number of hydrogen-bond acceptors (Lipinski definition) is 6. The molecule has 0 saturated heterocycles. The Hall–Kier alpha value is -2.78. The fraction of sp³-hybridized carbons (Fsp3) is 0.435. The van der Waals surface area contributed by atoms with E-state index in [1.165, 1.54) is 32.4 Å². The molecule has 2 aromatic rings. The molecule has 32 heavy (non-hydrogen) atoms. The Kier molecular flexibility index (Phi) is 7.63. The van der Waals surface area contributed by atoms with Crippen molar-refractivity contribution < 1.29 is 27.8 Å². The number of benzene rings is 2. The predicted octanol–water partition coefficient (Wildman–Crippen LogP) is 2.63. The highest BCUT2D eigenvalue weighted by atomic mass is 32.2. The molecule has 2 atom stereocenters. The average molecular weight is 463 g/mol. The highest BCUT2D eigenvalue weighted by Crippen LogP contribution is 2.32. The van der Waals surface area contributed by atoms with Crippen LogP contribution in [0.5, 0.6) is 11.5 Å². The monoisotopic (exact) mass is 462 g/mol. The lowest BCUT2D eigenvalue weighted by Crippen LogP contribution is -2.49. The molecule has 1 aliphatic rings. The van der Waals surface area contributed by atoms with Crippen LogP contribution in [0.15, 0.2) is 47.4 Å². The maximum absolute atomic E-state index is 13.6. The third kappa shape index (κ3) is 5.34. The van der Waals surface area contributed by atoms with Crippen LogP contribution in [0.3, 0.4) is 0 Å². The molecule has 174 valence electrons. The lowest BCUT2D eigenvalue weighted by Gasteiger charge is -2.30. The van der Waals surface area contributed by atoms with Crippen molar-refractivity contribution in [1.29, 1.82) is 0 Å². The molecule has 9 heteroatoms. The molecule has 1 fully saturated rings. The van der Waals surface area contributed by atoms with E-state index in [0.717, 1.165) is 22.7 Å². The first kappa shape index (κ1) is 23.9. The van der Waals surface area contributed by atoms with Gasteiger partial charge in [-0.15, -0.1) is 0 Å². The van der Waals surface area contributed by atoms with Crippen LogP contribution < -0.4 is 19.1 Å². The van der Waals surface area contributed by atoms with Crippen LogP contribution >= 0.6 is 0 Å². The standard InChI is InChI=1S/C23H30N2O6S/c1-16-8-10-17(11-9-16)25(15-23(27)24-19-6-4-5-7-20(19)26)32(28,29)18-12-13-21(30-2)22(14-18)31-3/h8-14,19-20,26H,4-7,15H2,1-3H3,(H,24,27)/t19-,20+/m1/s1. The maximum atomic E-state index is 13.6. The van der Waals surface area contributed by atoms with Gasteiger partial charge in [-0.25, -0.2) is 8.42 Å². The molecule has 0 aliphatic heterocycles. The van der Waals surface area contributed by atoms with Gasteiger partial charge in [-0.2, -0.15) is 0 Å². The highest BCUT2D eigenvalue weighted by Gasteiger charge is 2.30. The topological polar surface area (TPSA) is 105 Å². The number of amides is 1. The van der Waals surface area contributed by atoms with Crippen molar-refractivity contribution >= 4 is 21.6 Å². The Morgan fingerprint density at radius 2 is 1.72 bits per heavy atom. The van der Waals surface area contributed by atoms with Crippen molar-refractivity contribution in [2.24, 2.45) is 0 Å². The number of carbonyl (C=O) groups excluding carboxylic acids is 1. The summed E-state index contributed by atoms with van der Waals surface area (Å²) in [6.07, 6.45) is 2.49. The van der Waals surface area contributed by atoms with E-state index in [-0.39, 0.29) is 16.7 Å². The summed E-state index contributed by atoms with van der Waals surface area (Å²) in [6.45, 7) is 1.48. The number of aliphatic hydroxyl groups excluding tert-OH is 1. The van der Waals surface area contributed by atoms with Gasteiger partial charge in [0.15, 0.2) is 11.5 Å². The average Bonchev–Trinajstić information content (AvgIpc) is 2.79. The van der Waals surface area contributed by atoms with Crippen LogP contribution in [-0.2, 0) is 14.8 Å². The Bertz CT molecular complexity index is 1040. The molecule has 0 heterocycles. The molecule has 1 amide bonds. The number of aryl methyl sites for hydroxylation is 1. The summed E-state index contributed by atoms with van der Waals surface area (Å²) in [6, 6.07) is 10.8. The second kappa shape index (κ2) is 10.2. The zero-order valence-electron chi connectivity index (χ0n) is 18.6. The normalized spacial score (nSPS) is 18.6. The van der Waals surface area contributed by atoms with Gasteiger partial charge >= 0.3 is 0 Å². The fourth-order valence-electron chi connectivity index (χ4n) is 3.79. The minimum absolute atomic E-state index is 0.0266. The Morgan fingerprint density at radius 3 is 2.34 bits per heavy atom. The largest absolute Gasteiger partial charge is 0.493 e. The van der Waals surface area contributed by atoms with E-state index >= 15 is 0 Å². The van der Waals surface area contributed by atoms with Crippen LogP contribution in [0, 0.1) is 6.92 Å². The summed E-state index contributed by atoms with van der Waals surface area (Å²) in [4.78, 5) is 12.8. The quantitative estimate of drug-likeness (QED) is 0.625. The molecule has 0 bridgehead atoms. The van der Waals surface area contributed by atoms with Crippen molar-refractivity contribution in [3.8, 4) is 11.5 Å². The second-order valence-electron chi connectivity index (χ2n) is 7.89. The molecule has 2 aromatic carbocycles. The second-order valence-corrected chi connectivity index (χ2v) is 9.75. The number of methoxy groups -OCH3 is 2. The zero-order valence-corrected chi connectivity index (χ0v) is 19.4. The van der Waals surface area contributed by atoms with Gasteiger partial charge in [0, 0.05) is 6.07 Å². The number of sulfonamides is 1. The molecule has 2 N–H and O–H groups in total. The van der Waals surface area contributed by atoms with Crippen molar-refractivity contribution in [2.75, 3.05) is 25.1 Å². The minimum Gasteiger partial charge on any atom is -0.493 e. The lowest BCUT2D eigenvalue weighted by atomic mass is 9.92. The molecule has 1 saturated carbocycles. The van der Waals surface area contributed by atoms with Gasteiger partial charge in [0.05, 0.1) is 36.9 Å².